The number of fused-ring (bicyclic) bond motifs is 2. The van der Waals surface area contributed by atoms with Crippen LogP contribution in [0.4, 0.5) is 0 Å². The molecule has 92 valence electrons. The van der Waals surface area contributed by atoms with Crippen LogP contribution in [0.1, 0.15) is 26.7 Å². The summed E-state index contributed by atoms with van der Waals surface area (Å²) in [7, 11) is 0. The van der Waals surface area contributed by atoms with Crippen LogP contribution in [-0.4, -0.2) is 34.5 Å². The lowest BCUT2D eigenvalue weighted by molar-refractivity contribution is -0.202. The van der Waals surface area contributed by atoms with E-state index >= 15 is 0 Å². The highest BCUT2D eigenvalue weighted by Crippen LogP contribution is 2.60. The van der Waals surface area contributed by atoms with E-state index in [-0.39, 0.29) is 13.1 Å². The summed E-state index contributed by atoms with van der Waals surface area (Å²) < 4.78 is 0. The van der Waals surface area contributed by atoms with Gasteiger partial charge in [0.25, 0.3) is 0 Å². The van der Waals surface area contributed by atoms with Gasteiger partial charge in [-0.3, -0.25) is 0 Å². The van der Waals surface area contributed by atoms with Crippen molar-refractivity contribution < 1.29 is 10.2 Å². The first-order valence-electron chi connectivity index (χ1n) is 5.80. The molecule has 16 heavy (non-hydrogen) atoms. The second-order valence-electron chi connectivity index (χ2n) is 5.99. The minimum Gasteiger partial charge on any atom is -0.388 e. The normalized spacial score (nSPS) is 55.6. The zero-order valence-corrected chi connectivity index (χ0v) is 10.0. The molecule has 3 aliphatic rings. The summed E-state index contributed by atoms with van der Waals surface area (Å²) >= 11 is 0. The van der Waals surface area contributed by atoms with Crippen molar-refractivity contribution in [2.24, 2.45) is 22.3 Å². The Morgan fingerprint density at radius 1 is 0.938 bits per heavy atom. The fourth-order valence-corrected chi connectivity index (χ4v) is 3.35. The second-order valence-corrected chi connectivity index (χ2v) is 5.99. The van der Waals surface area contributed by atoms with Crippen LogP contribution in [0, 0.1) is 10.8 Å². The Balaban J connectivity index is 2.51. The molecule has 2 bridgehead atoms. The summed E-state index contributed by atoms with van der Waals surface area (Å²) in [4.78, 5) is 0. The molecule has 0 amide bonds. The Bertz CT molecular complexity index is 314. The molecule has 4 nitrogen and oxygen atoms in total. The van der Waals surface area contributed by atoms with E-state index in [9.17, 15) is 10.2 Å². The van der Waals surface area contributed by atoms with Crippen LogP contribution < -0.4 is 11.5 Å². The lowest BCUT2D eigenvalue weighted by Crippen LogP contribution is -2.70. The molecule has 0 aromatic heterocycles. The van der Waals surface area contributed by atoms with E-state index in [4.69, 9.17) is 11.5 Å². The average molecular weight is 226 g/mol. The first-order chi connectivity index (χ1) is 7.24. The van der Waals surface area contributed by atoms with Crippen LogP contribution in [0.25, 0.3) is 0 Å². The molecule has 0 saturated heterocycles. The SMILES string of the molecule is C[C@@]12C=C[C@@](C)(C[C@@]1(O)CN)[C@](O)(CN)C2. The van der Waals surface area contributed by atoms with E-state index in [1.54, 1.807) is 0 Å². The first kappa shape index (κ1) is 12.0. The second kappa shape index (κ2) is 3.07. The van der Waals surface area contributed by atoms with Crippen molar-refractivity contribution in [1.29, 1.82) is 0 Å². The van der Waals surface area contributed by atoms with E-state index in [1.165, 1.54) is 0 Å². The third-order valence-corrected chi connectivity index (χ3v) is 4.94. The van der Waals surface area contributed by atoms with Crippen LogP contribution in [-0.2, 0) is 0 Å². The molecule has 3 aliphatic carbocycles. The lowest BCUT2D eigenvalue weighted by Gasteiger charge is -2.63. The Morgan fingerprint density at radius 3 is 1.50 bits per heavy atom. The molecule has 6 N–H and O–H groups in total. The first-order valence-corrected chi connectivity index (χ1v) is 5.80. The van der Waals surface area contributed by atoms with Crippen LogP contribution >= 0.6 is 0 Å². The molecule has 0 aromatic carbocycles. The fraction of sp³-hybridized carbons (Fsp3) is 0.833. The Hall–Kier alpha value is -0.420. The van der Waals surface area contributed by atoms with Gasteiger partial charge in [-0.25, -0.2) is 0 Å². The molecule has 4 atom stereocenters. The van der Waals surface area contributed by atoms with Gasteiger partial charge in [-0.1, -0.05) is 26.0 Å². The molecule has 0 spiro atoms. The third kappa shape index (κ3) is 1.19. The predicted molar refractivity (Wildman–Crippen MR) is 62.6 cm³/mol. The van der Waals surface area contributed by atoms with E-state index in [1.807, 2.05) is 26.0 Å². The molecule has 0 aliphatic heterocycles. The number of aliphatic hydroxyl groups is 2. The molecular weight excluding hydrogens is 204 g/mol. The highest BCUT2D eigenvalue weighted by atomic mass is 16.3. The van der Waals surface area contributed by atoms with Crippen molar-refractivity contribution in [2.45, 2.75) is 37.9 Å². The van der Waals surface area contributed by atoms with Crippen LogP contribution in [0.5, 0.6) is 0 Å². The van der Waals surface area contributed by atoms with Crippen LogP contribution in [0.2, 0.25) is 0 Å². The highest BCUT2D eigenvalue weighted by molar-refractivity contribution is 5.30. The van der Waals surface area contributed by atoms with Gasteiger partial charge in [0.1, 0.15) is 0 Å². The van der Waals surface area contributed by atoms with Crippen LogP contribution in [0.15, 0.2) is 12.2 Å². The summed E-state index contributed by atoms with van der Waals surface area (Å²) in [5.41, 5.74) is 8.58. The van der Waals surface area contributed by atoms with Crippen molar-refractivity contribution in [3.05, 3.63) is 12.2 Å². The summed E-state index contributed by atoms with van der Waals surface area (Å²) in [6.07, 6.45) is 4.93. The van der Waals surface area contributed by atoms with E-state index in [0.717, 1.165) is 0 Å². The zero-order valence-electron chi connectivity index (χ0n) is 10.0. The summed E-state index contributed by atoms with van der Waals surface area (Å²) in [6.45, 7) is 4.31. The quantitative estimate of drug-likeness (QED) is 0.488. The van der Waals surface area contributed by atoms with E-state index in [2.05, 4.69) is 0 Å². The van der Waals surface area contributed by atoms with Gasteiger partial charge in [0.2, 0.25) is 0 Å². The smallest absolute Gasteiger partial charge is 0.0867 e. The molecule has 3 rings (SSSR count). The monoisotopic (exact) mass is 226 g/mol. The molecule has 4 heteroatoms. The topological polar surface area (TPSA) is 92.5 Å². The highest BCUT2D eigenvalue weighted by Gasteiger charge is 2.64. The molecule has 1 fully saturated rings. The maximum Gasteiger partial charge on any atom is 0.0867 e. The Kier molecular flexibility index (Phi) is 2.31. The fourth-order valence-electron chi connectivity index (χ4n) is 3.35. The minimum atomic E-state index is -0.933. The summed E-state index contributed by atoms with van der Waals surface area (Å²) in [6, 6.07) is 0. The number of hydrogen-bond acceptors (Lipinski definition) is 4. The van der Waals surface area contributed by atoms with Gasteiger partial charge in [-0.2, -0.15) is 0 Å². The van der Waals surface area contributed by atoms with Crippen molar-refractivity contribution in [3.8, 4) is 0 Å². The number of hydrogen-bond donors (Lipinski definition) is 4. The lowest BCUT2D eigenvalue weighted by atomic mass is 9.46. The molecule has 0 heterocycles. The van der Waals surface area contributed by atoms with Gasteiger partial charge in [-0.15, -0.1) is 0 Å². The average Bonchev–Trinajstić information content (AvgIpc) is 2.23. The Labute approximate surface area is 96.3 Å². The summed E-state index contributed by atoms with van der Waals surface area (Å²) in [5, 5.41) is 21.2. The van der Waals surface area contributed by atoms with Crippen molar-refractivity contribution in [2.75, 3.05) is 13.1 Å². The third-order valence-electron chi connectivity index (χ3n) is 4.94. The van der Waals surface area contributed by atoms with Gasteiger partial charge in [0.05, 0.1) is 11.2 Å². The van der Waals surface area contributed by atoms with Gasteiger partial charge in [0, 0.05) is 23.9 Å². The van der Waals surface area contributed by atoms with Gasteiger partial charge in [-0.05, 0) is 12.8 Å². The van der Waals surface area contributed by atoms with Crippen molar-refractivity contribution >= 4 is 0 Å². The standard InChI is InChI=1S/C12H22N2O2/c1-9-3-4-10(2,6-11(9,15)7-13)12(16,5-9)8-14/h3-4,15-16H,5-8,13-14H2,1-2H3/t9-,10-,11+,12+/m0/s1. The molecule has 1 saturated carbocycles. The predicted octanol–water partition coefficient (Wildman–Crippen LogP) is -0.258. The van der Waals surface area contributed by atoms with E-state index in [0.29, 0.717) is 12.8 Å². The zero-order chi connectivity index (χ0) is 12.2. The maximum absolute atomic E-state index is 10.6. The van der Waals surface area contributed by atoms with Gasteiger partial charge < -0.3 is 21.7 Å². The molecule has 0 unspecified atom stereocenters. The molecule has 0 radical (unpaired) electrons. The van der Waals surface area contributed by atoms with Crippen molar-refractivity contribution in [3.63, 3.8) is 0 Å². The number of rotatable bonds is 2. The largest absolute Gasteiger partial charge is 0.388 e. The van der Waals surface area contributed by atoms with E-state index < -0.39 is 22.0 Å². The summed E-state index contributed by atoms with van der Waals surface area (Å²) in [5.74, 6) is 0. The van der Waals surface area contributed by atoms with Gasteiger partial charge in [0.15, 0.2) is 0 Å². The Morgan fingerprint density at radius 2 is 1.25 bits per heavy atom. The minimum absolute atomic E-state index is 0.212. The molecule has 0 aromatic rings. The number of nitrogens with two attached hydrogens (primary N) is 2. The van der Waals surface area contributed by atoms with Crippen LogP contribution in [0.3, 0.4) is 0 Å². The van der Waals surface area contributed by atoms with Gasteiger partial charge >= 0.3 is 0 Å². The molecular formula is C12H22N2O2. The van der Waals surface area contributed by atoms with Crippen molar-refractivity contribution in [1.82, 2.24) is 0 Å². The maximum atomic E-state index is 10.6.